The van der Waals surface area contributed by atoms with E-state index in [0.29, 0.717) is 24.7 Å². The average Bonchev–Trinajstić information content (AvgIpc) is 3.06. The third-order valence-corrected chi connectivity index (χ3v) is 4.48. The Labute approximate surface area is 143 Å². The van der Waals surface area contributed by atoms with E-state index in [1.165, 1.54) is 4.90 Å². The normalized spacial score (nSPS) is 16.8. The predicted molar refractivity (Wildman–Crippen MR) is 90.4 cm³/mol. The molecule has 130 valence electrons. The standard InChI is InChI=1S/C16H18N6O3/c1-20-15(10-2-5-22-12(6-10)7-14(17)19-22)13(8-18-20)25-9-11-3-4-21(11)16(23)24/h2,5-8,11H,3-4,9H2,1H3,(H2,17,19)(H,23,24)/t11-/m1/s1. The molecule has 3 aromatic rings. The van der Waals surface area contributed by atoms with Crippen LogP contribution < -0.4 is 10.5 Å². The predicted octanol–water partition coefficient (Wildman–Crippen LogP) is 1.45. The van der Waals surface area contributed by atoms with Crippen molar-refractivity contribution in [1.82, 2.24) is 24.3 Å². The van der Waals surface area contributed by atoms with Crippen LogP contribution in [0.15, 0.2) is 30.6 Å². The van der Waals surface area contributed by atoms with Gasteiger partial charge < -0.3 is 20.5 Å². The van der Waals surface area contributed by atoms with Gasteiger partial charge in [-0.15, -0.1) is 0 Å². The minimum Gasteiger partial charge on any atom is -0.487 e. The van der Waals surface area contributed by atoms with Gasteiger partial charge in [-0.3, -0.25) is 4.68 Å². The first-order valence-corrected chi connectivity index (χ1v) is 7.92. The molecule has 4 rings (SSSR count). The monoisotopic (exact) mass is 342 g/mol. The fraction of sp³-hybridized carbons (Fsp3) is 0.312. The van der Waals surface area contributed by atoms with Gasteiger partial charge in [0.05, 0.1) is 17.8 Å². The zero-order valence-electron chi connectivity index (χ0n) is 13.7. The van der Waals surface area contributed by atoms with E-state index >= 15 is 0 Å². The van der Waals surface area contributed by atoms with Crippen LogP contribution in [-0.4, -0.2) is 54.7 Å². The minimum atomic E-state index is -0.907. The molecule has 3 aromatic heterocycles. The van der Waals surface area contributed by atoms with Crippen molar-refractivity contribution in [1.29, 1.82) is 0 Å². The zero-order valence-corrected chi connectivity index (χ0v) is 13.7. The largest absolute Gasteiger partial charge is 0.487 e. The highest BCUT2D eigenvalue weighted by atomic mass is 16.5. The Morgan fingerprint density at radius 2 is 2.32 bits per heavy atom. The van der Waals surface area contributed by atoms with Crippen LogP contribution in [0.5, 0.6) is 5.75 Å². The SMILES string of the molecule is Cn1ncc(OC[C@H]2CCN2C(=O)O)c1-c1ccn2nc(N)cc2c1. The van der Waals surface area contributed by atoms with E-state index in [4.69, 9.17) is 15.6 Å². The van der Waals surface area contributed by atoms with Gasteiger partial charge in [-0.05, 0) is 18.6 Å². The van der Waals surface area contributed by atoms with Gasteiger partial charge in [-0.2, -0.15) is 10.2 Å². The van der Waals surface area contributed by atoms with E-state index in [0.717, 1.165) is 23.2 Å². The molecule has 4 heterocycles. The molecule has 3 N–H and O–H groups in total. The highest BCUT2D eigenvalue weighted by Crippen LogP contribution is 2.31. The molecule has 0 aromatic carbocycles. The number of nitrogen functional groups attached to an aromatic ring is 1. The number of hydrogen-bond donors (Lipinski definition) is 2. The summed E-state index contributed by atoms with van der Waals surface area (Å²) in [5, 5.41) is 17.5. The molecule has 0 unspecified atom stereocenters. The van der Waals surface area contributed by atoms with Crippen LogP contribution in [0.1, 0.15) is 6.42 Å². The molecule has 0 saturated carbocycles. The Morgan fingerprint density at radius 1 is 1.48 bits per heavy atom. The van der Waals surface area contributed by atoms with E-state index in [1.807, 2.05) is 25.4 Å². The van der Waals surface area contributed by atoms with Crippen molar-refractivity contribution < 1.29 is 14.6 Å². The van der Waals surface area contributed by atoms with E-state index in [1.54, 1.807) is 21.5 Å². The molecule has 1 amide bonds. The topological polar surface area (TPSA) is 111 Å². The van der Waals surface area contributed by atoms with Crippen molar-refractivity contribution in [2.75, 3.05) is 18.9 Å². The lowest BCUT2D eigenvalue weighted by Crippen LogP contribution is -2.53. The summed E-state index contributed by atoms with van der Waals surface area (Å²) in [7, 11) is 1.84. The molecule has 0 radical (unpaired) electrons. The first-order valence-electron chi connectivity index (χ1n) is 7.92. The van der Waals surface area contributed by atoms with Gasteiger partial charge in [0, 0.05) is 31.4 Å². The van der Waals surface area contributed by atoms with Crippen molar-refractivity contribution in [3.05, 3.63) is 30.6 Å². The van der Waals surface area contributed by atoms with Gasteiger partial charge in [-0.1, -0.05) is 0 Å². The van der Waals surface area contributed by atoms with Crippen LogP contribution in [0.25, 0.3) is 16.8 Å². The number of fused-ring (bicyclic) bond motifs is 1. The lowest BCUT2D eigenvalue weighted by atomic mass is 10.1. The van der Waals surface area contributed by atoms with Crippen molar-refractivity contribution in [2.24, 2.45) is 7.05 Å². The Balaban J connectivity index is 1.59. The summed E-state index contributed by atoms with van der Waals surface area (Å²) >= 11 is 0. The summed E-state index contributed by atoms with van der Waals surface area (Å²) in [6.45, 7) is 0.870. The van der Waals surface area contributed by atoms with Crippen molar-refractivity contribution in [3.63, 3.8) is 0 Å². The number of aryl methyl sites for hydroxylation is 1. The Hall–Kier alpha value is -3.23. The molecule has 9 heteroatoms. The van der Waals surface area contributed by atoms with Crippen LogP contribution in [0.3, 0.4) is 0 Å². The minimum absolute atomic E-state index is 0.109. The lowest BCUT2D eigenvalue weighted by molar-refractivity contribution is 0.0501. The fourth-order valence-corrected chi connectivity index (χ4v) is 3.07. The van der Waals surface area contributed by atoms with Crippen molar-refractivity contribution in [3.8, 4) is 17.0 Å². The summed E-state index contributed by atoms with van der Waals surface area (Å²) in [5.41, 5.74) is 8.35. The fourth-order valence-electron chi connectivity index (χ4n) is 3.07. The number of aromatic nitrogens is 4. The van der Waals surface area contributed by atoms with Crippen LogP contribution in [-0.2, 0) is 7.05 Å². The molecule has 25 heavy (non-hydrogen) atoms. The number of nitrogens with zero attached hydrogens (tertiary/aromatic N) is 5. The summed E-state index contributed by atoms with van der Waals surface area (Å²) in [6.07, 6.45) is 3.38. The maximum absolute atomic E-state index is 11.1. The second kappa shape index (κ2) is 5.69. The van der Waals surface area contributed by atoms with Gasteiger partial charge in [0.1, 0.15) is 18.1 Å². The second-order valence-electron chi connectivity index (χ2n) is 6.06. The van der Waals surface area contributed by atoms with Gasteiger partial charge >= 0.3 is 6.09 Å². The smallest absolute Gasteiger partial charge is 0.407 e. The maximum atomic E-state index is 11.1. The highest BCUT2D eigenvalue weighted by molar-refractivity contribution is 5.72. The molecule has 9 nitrogen and oxygen atoms in total. The number of ether oxygens (including phenoxy) is 1. The Kier molecular flexibility index (Phi) is 3.48. The quantitative estimate of drug-likeness (QED) is 0.742. The van der Waals surface area contributed by atoms with Crippen LogP contribution in [0.2, 0.25) is 0 Å². The molecule has 0 aliphatic carbocycles. The molecule has 1 atom stereocenters. The van der Waals surface area contributed by atoms with Crippen molar-refractivity contribution >= 4 is 17.4 Å². The van der Waals surface area contributed by atoms with E-state index in [2.05, 4.69) is 10.2 Å². The maximum Gasteiger partial charge on any atom is 0.407 e. The number of rotatable bonds is 4. The van der Waals surface area contributed by atoms with Gasteiger partial charge in [0.15, 0.2) is 5.75 Å². The number of amides is 1. The number of anilines is 1. The molecule has 0 spiro atoms. The molecular weight excluding hydrogens is 324 g/mol. The molecule has 1 saturated heterocycles. The molecule has 1 aliphatic rings. The molecular formula is C16H18N6O3. The molecule has 1 fully saturated rings. The number of nitrogens with two attached hydrogens (primary N) is 1. The van der Waals surface area contributed by atoms with Crippen LogP contribution >= 0.6 is 0 Å². The molecule has 0 bridgehead atoms. The van der Waals surface area contributed by atoms with Crippen LogP contribution in [0.4, 0.5) is 10.6 Å². The number of carboxylic acid groups (broad SMARTS) is 1. The molecule has 1 aliphatic heterocycles. The summed E-state index contributed by atoms with van der Waals surface area (Å²) in [4.78, 5) is 12.4. The van der Waals surface area contributed by atoms with Gasteiger partial charge in [-0.25, -0.2) is 9.31 Å². The third-order valence-electron chi connectivity index (χ3n) is 4.48. The summed E-state index contributed by atoms with van der Waals surface area (Å²) in [6, 6.07) is 5.55. The summed E-state index contributed by atoms with van der Waals surface area (Å²) in [5.74, 6) is 1.08. The van der Waals surface area contributed by atoms with Crippen molar-refractivity contribution in [2.45, 2.75) is 12.5 Å². The summed E-state index contributed by atoms with van der Waals surface area (Å²) < 4.78 is 9.31. The lowest BCUT2D eigenvalue weighted by Gasteiger charge is -2.38. The Bertz CT molecular complexity index is 947. The van der Waals surface area contributed by atoms with E-state index in [-0.39, 0.29) is 6.04 Å². The third kappa shape index (κ3) is 2.63. The van der Waals surface area contributed by atoms with Gasteiger partial charge in [0.2, 0.25) is 0 Å². The first-order chi connectivity index (χ1) is 12.0. The van der Waals surface area contributed by atoms with Gasteiger partial charge in [0.25, 0.3) is 0 Å². The average molecular weight is 342 g/mol. The van der Waals surface area contributed by atoms with E-state index in [9.17, 15) is 4.79 Å². The first kappa shape index (κ1) is 15.3. The number of likely N-dealkylation sites (tertiary alicyclic amines) is 1. The second-order valence-corrected chi connectivity index (χ2v) is 6.06. The number of pyridine rings is 1. The Morgan fingerprint density at radius 3 is 3.04 bits per heavy atom. The van der Waals surface area contributed by atoms with E-state index < -0.39 is 6.09 Å². The van der Waals surface area contributed by atoms with Crippen LogP contribution in [0, 0.1) is 0 Å². The number of hydrogen-bond acceptors (Lipinski definition) is 5. The zero-order chi connectivity index (χ0) is 17.6. The number of carbonyl (C=O) groups is 1. The highest BCUT2D eigenvalue weighted by Gasteiger charge is 2.32.